The number of amides is 3. The molecule has 0 spiro atoms. The Morgan fingerprint density at radius 1 is 1.05 bits per heavy atom. The molecule has 2 atom stereocenters. The van der Waals surface area contributed by atoms with Gasteiger partial charge in [-0.15, -0.1) is 0 Å². The normalized spacial score (nSPS) is 13.6. The molecule has 0 fully saturated rings. The van der Waals surface area contributed by atoms with Crippen molar-refractivity contribution < 1.29 is 9.59 Å². The maximum atomic E-state index is 12.0. The number of aryl methyl sites for hydroxylation is 1. The van der Waals surface area contributed by atoms with Crippen LogP contribution in [0.5, 0.6) is 0 Å². The van der Waals surface area contributed by atoms with Crippen molar-refractivity contribution in [1.29, 1.82) is 0 Å². The van der Waals surface area contributed by atoms with E-state index in [0.29, 0.717) is 0 Å². The van der Waals surface area contributed by atoms with Gasteiger partial charge in [-0.1, -0.05) is 24.3 Å². The molecule has 116 valence electrons. The smallest absolute Gasteiger partial charge is 0.321 e. The minimum absolute atomic E-state index is 0.00745. The summed E-state index contributed by atoms with van der Waals surface area (Å²) in [6, 6.07) is 7.12. The van der Waals surface area contributed by atoms with Gasteiger partial charge in [-0.25, -0.2) is 4.79 Å². The fraction of sp³-hybridized carbons (Fsp3) is 0.500. The molecule has 21 heavy (non-hydrogen) atoms. The van der Waals surface area contributed by atoms with Crippen LogP contribution < -0.4 is 16.0 Å². The number of rotatable bonds is 5. The highest BCUT2D eigenvalue weighted by atomic mass is 16.2. The molecule has 0 aromatic heterocycles. The lowest BCUT2D eigenvalue weighted by molar-refractivity contribution is -0.121. The van der Waals surface area contributed by atoms with Crippen LogP contribution in [-0.2, 0) is 4.79 Å². The van der Waals surface area contributed by atoms with Crippen LogP contribution in [0.1, 0.15) is 44.9 Å². The summed E-state index contributed by atoms with van der Waals surface area (Å²) in [6.07, 6.45) is 0. The van der Waals surface area contributed by atoms with E-state index in [2.05, 4.69) is 16.0 Å². The van der Waals surface area contributed by atoms with Gasteiger partial charge in [0, 0.05) is 12.1 Å². The summed E-state index contributed by atoms with van der Waals surface area (Å²) in [6.45, 7) is 9.46. The van der Waals surface area contributed by atoms with Crippen molar-refractivity contribution in [3.8, 4) is 0 Å². The summed E-state index contributed by atoms with van der Waals surface area (Å²) in [5.74, 6) is -0.339. The second-order valence-corrected chi connectivity index (χ2v) is 5.58. The minimum atomic E-state index is -0.466. The molecule has 0 aliphatic heterocycles. The lowest BCUT2D eigenvalue weighted by Crippen LogP contribution is -2.49. The number of nitrogens with one attached hydrogen (secondary N) is 3. The van der Waals surface area contributed by atoms with Gasteiger partial charge in [0.25, 0.3) is 0 Å². The third-order valence-corrected chi connectivity index (χ3v) is 3.20. The van der Waals surface area contributed by atoms with Crippen molar-refractivity contribution >= 4 is 11.9 Å². The number of carbonyl (C=O) groups is 2. The van der Waals surface area contributed by atoms with E-state index in [4.69, 9.17) is 0 Å². The highest BCUT2D eigenvalue weighted by molar-refractivity contribution is 5.96. The molecule has 1 aromatic carbocycles. The van der Waals surface area contributed by atoms with Crippen LogP contribution in [0, 0.1) is 6.92 Å². The predicted molar refractivity (Wildman–Crippen MR) is 84.0 cm³/mol. The Labute approximate surface area is 126 Å². The number of hydrogen-bond acceptors (Lipinski definition) is 3. The average Bonchev–Trinajstić information content (AvgIpc) is 2.37. The molecule has 1 aromatic rings. The van der Waals surface area contributed by atoms with Crippen molar-refractivity contribution in [2.24, 2.45) is 0 Å². The van der Waals surface area contributed by atoms with Crippen LogP contribution in [0.3, 0.4) is 0 Å². The van der Waals surface area contributed by atoms with Gasteiger partial charge in [-0.3, -0.25) is 15.4 Å². The van der Waals surface area contributed by atoms with Gasteiger partial charge in [0.15, 0.2) is 0 Å². The SMILES string of the molecule is Cc1ccccc1[C@@H](C)N[C@@H](C)C(=O)NC(=O)NC(C)C. The lowest BCUT2D eigenvalue weighted by atomic mass is 10.0. The van der Waals surface area contributed by atoms with E-state index in [9.17, 15) is 9.59 Å². The summed E-state index contributed by atoms with van der Waals surface area (Å²) in [4.78, 5) is 23.5. The second-order valence-electron chi connectivity index (χ2n) is 5.58. The van der Waals surface area contributed by atoms with E-state index >= 15 is 0 Å². The van der Waals surface area contributed by atoms with Crippen LogP contribution in [0.2, 0.25) is 0 Å². The van der Waals surface area contributed by atoms with Crippen molar-refractivity contribution in [3.63, 3.8) is 0 Å². The molecule has 0 radical (unpaired) electrons. The summed E-state index contributed by atoms with van der Waals surface area (Å²) >= 11 is 0. The van der Waals surface area contributed by atoms with Gasteiger partial charge in [0.1, 0.15) is 0 Å². The molecule has 0 saturated carbocycles. The van der Waals surface area contributed by atoms with Gasteiger partial charge in [-0.2, -0.15) is 0 Å². The zero-order valence-electron chi connectivity index (χ0n) is 13.4. The van der Waals surface area contributed by atoms with E-state index in [1.54, 1.807) is 6.92 Å². The number of imide groups is 1. The Hall–Kier alpha value is -1.88. The first-order valence-corrected chi connectivity index (χ1v) is 7.24. The molecule has 5 nitrogen and oxygen atoms in total. The van der Waals surface area contributed by atoms with Crippen molar-refractivity contribution in [1.82, 2.24) is 16.0 Å². The average molecular weight is 291 g/mol. The van der Waals surface area contributed by atoms with Crippen LogP contribution in [0.25, 0.3) is 0 Å². The quantitative estimate of drug-likeness (QED) is 0.779. The zero-order chi connectivity index (χ0) is 16.0. The lowest BCUT2D eigenvalue weighted by Gasteiger charge is -2.21. The molecule has 1 rings (SSSR count). The molecule has 0 unspecified atom stereocenters. The van der Waals surface area contributed by atoms with E-state index in [1.807, 2.05) is 52.0 Å². The second kappa shape index (κ2) is 7.78. The molecule has 5 heteroatoms. The van der Waals surface area contributed by atoms with Crippen molar-refractivity contribution in [2.75, 3.05) is 0 Å². The Balaban J connectivity index is 2.56. The molecular weight excluding hydrogens is 266 g/mol. The van der Waals surface area contributed by atoms with Crippen molar-refractivity contribution in [3.05, 3.63) is 35.4 Å². The number of carbonyl (C=O) groups excluding carboxylic acids is 2. The van der Waals surface area contributed by atoms with Gasteiger partial charge < -0.3 is 5.32 Å². The number of benzene rings is 1. The Morgan fingerprint density at radius 2 is 1.67 bits per heavy atom. The molecule has 0 saturated heterocycles. The number of hydrogen-bond donors (Lipinski definition) is 3. The molecule has 0 heterocycles. The van der Waals surface area contributed by atoms with Gasteiger partial charge in [-0.05, 0) is 45.7 Å². The summed E-state index contributed by atoms with van der Waals surface area (Å²) < 4.78 is 0. The zero-order valence-corrected chi connectivity index (χ0v) is 13.4. The highest BCUT2D eigenvalue weighted by Crippen LogP contribution is 2.17. The number of urea groups is 1. The van der Waals surface area contributed by atoms with E-state index in [-0.39, 0.29) is 18.0 Å². The first-order valence-electron chi connectivity index (χ1n) is 7.24. The monoisotopic (exact) mass is 291 g/mol. The highest BCUT2D eigenvalue weighted by Gasteiger charge is 2.19. The minimum Gasteiger partial charge on any atom is -0.336 e. The van der Waals surface area contributed by atoms with Gasteiger partial charge in [0.2, 0.25) is 5.91 Å². The third-order valence-electron chi connectivity index (χ3n) is 3.20. The molecule has 0 aliphatic rings. The summed E-state index contributed by atoms with van der Waals surface area (Å²) in [5, 5.41) is 8.16. The Kier molecular flexibility index (Phi) is 6.37. The van der Waals surface area contributed by atoms with Crippen LogP contribution >= 0.6 is 0 Å². The molecule has 0 bridgehead atoms. The first-order chi connectivity index (χ1) is 9.81. The maximum absolute atomic E-state index is 12.0. The largest absolute Gasteiger partial charge is 0.336 e. The van der Waals surface area contributed by atoms with E-state index < -0.39 is 12.1 Å². The molecular formula is C16H25N3O2. The fourth-order valence-corrected chi connectivity index (χ4v) is 2.13. The summed E-state index contributed by atoms with van der Waals surface area (Å²) in [7, 11) is 0. The molecule has 3 amide bonds. The van der Waals surface area contributed by atoms with Gasteiger partial charge in [0.05, 0.1) is 6.04 Å². The van der Waals surface area contributed by atoms with Crippen LogP contribution in [0.4, 0.5) is 4.79 Å². The standard InChI is InChI=1S/C16H25N3O2/c1-10(2)17-16(21)19-15(20)13(5)18-12(4)14-9-7-6-8-11(14)3/h6-10,12-13,18H,1-5H3,(H2,17,19,20,21)/t12-,13+/m1/s1. The van der Waals surface area contributed by atoms with E-state index in [0.717, 1.165) is 5.56 Å². The Bertz CT molecular complexity index is 500. The first kappa shape index (κ1) is 17.2. The molecule has 0 aliphatic carbocycles. The molecule has 3 N–H and O–H groups in total. The fourth-order valence-electron chi connectivity index (χ4n) is 2.13. The van der Waals surface area contributed by atoms with Crippen LogP contribution in [0.15, 0.2) is 24.3 Å². The Morgan fingerprint density at radius 3 is 2.24 bits per heavy atom. The van der Waals surface area contributed by atoms with E-state index in [1.165, 1.54) is 5.56 Å². The van der Waals surface area contributed by atoms with Crippen molar-refractivity contribution in [2.45, 2.75) is 52.7 Å². The maximum Gasteiger partial charge on any atom is 0.321 e. The third kappa shape index (κ3) is 5.55. The van der Waals surface area contributed by atoms with Gasteiger partial charge >= 0.3 is 6.03 Å². The summed E-state index contributed by atoms with van der Waals surface area (Å²) in [5.41, 5.74) is 2.31. The topological polar surface area (TPSA) is 70.2 Å². The van der Waals surface area contributed by atoms with Crippen LogP contribution in [-0.4, -0.2) is 24.0 Å². The predicted octanol–water partition coefficient (Wildman–Crippen LogP) is 2.27.